The molecule has 1 aromatic rings. The first kappa shape index (κ1) is 14.1. The van der Waals surface area contributed by atoms with E-state index in [1.165, 1.54) is 7.11 Å². The number of carbonyl (C=O) groups is 2. The molecule has 0 saturated carbocycles. The van der Waals surface area contributed by atoms with Crippen LogP contribution in [0, 0.1) is 0 Å². The minimum Gasteiger partial charge on any atom is -0.497 e. The zero-order valence-corrected chi connectivity index (χ0v) is 11.6. The summed E-state index contributed by atoms with van der Waals surface area (Å²) in [5.74, 6) is -0.529. The molecule has 0 aliphatic carbocycles. The van der Waals surface area contributed by atoms with Crippen LogP contribution in [0.4, 0.5) is 0 Å². The summed E-state index contributed by atoms with van der Waals surface area (Å²) in [7, 11) is 2.76. The van der Waals surface area contributed by atoms with Gasteiger partial charge in [0.1, 0.15) is 10.8 Å². The number of hydrogen-bond donors (Lipinski definition) is 0. The van der Waals surface area contributed by atoms with E-state index in [-0.39, 0.29) is 16.6 Å². The van der Waals surface area contributed by atoms with Crippen LogP contribution in [0.2, 0.25) is 0 Å². The molecular weight excluding hydrogens is 284 g/mol. The van der Waals surface area contributed by atoms with Crippen LogP contribution in [-0.4, -0.2) is 26.0 Å². The molecule has 0 radical (unpaired) electrons. The van der Waals surface area contributed by atoms with Gasteiger partial charge in [-0.2, -0.15) is 0 Å². The first-order valence-electron chi connectivity index (χ1n) is 5.63. The zero-order chi connectivity index (χ0) is 14.7. The van der Waals surface area contributed by atoms with Crippen molar-refractivity contribution in [1.82, 2.24) is 0 Å². The standard InChI is InChI=1S/C14H11ClO5/c1-18-9-5-3-8(4-6-9)14-12(15)13(17)10(20-14)7-11(16)19-2/h3-7H,1-2H3/b10-7-. The predicted molar refractivity (Wildman–Crippen MR) is 72.0 cm³/mol. The second-order valence-corrected chi connectivity index (χ2v) is 4.21. The Hall–Kier alpha value is -2.27. The van der Waals surface area contributed by atoms with Crippen LogP contribution in [0.3, 0.4) is 0 Å². The molecule has 5 nitrogen and oxygen atoms in total. The van der Waals surface area contributed by atoms with Crippen LogP contribution in [0.25, 0.3) is 5.76 Å². The van der Waals surface area contributed by atoms with E-state index in [1.54, 1.807) is 31.4 Å². The second-order valence-electron chi connectivity index (χ2n) is 3.83. The van der Waals surface area contributed by atoms with Crippen molar-refractivity contribution in [2.24, 2.45) is 0 Å². The Morgan fingerprint density at radius 2 is 1.90 bits per heavy atom. The molecule has 1 aliphatic rings. The fraction of sp³-hybridized carbons (Fsp3) is 0.143. The Labute approximate surface area is 120 Å². The normalized spacial score (nSPS) is 16.4. The van der Waals surface area contributed by atoms with Crippen LogP contribution in [0.5, 0.6) is 5.75 Å². The highest BCUT2D eigenvalue weighted by atomic mass is 35.5. The number of hydrogen-bond acceptors (Lipinski definition) is 5. The molecule has 6 heteroatoms. The molecule has 104 valence electrons. The van der Waals surface area contributed by atoms with Crippen LogP contribution < -0.4 is 4.74 Å². The van der Waals surface area contributed by atoms with E-state index in [9.17, 15) is 9.59 Å². The van der Waals surface area contributed by atoms with Crippen molar-refractivity contribution in [2.45, 2.75) is 0 Å². The summed E-state index contributed by atoms with van der Waals surface area (Å²) in [5.41, 5.74) is 0.609. The van der Waals surface area contributed by atoms with Gasteiger partial charge < -0.3 is 14.2 Å². The van der Waals surface area contributed by atoms with Crippen LogP contribution in [-0.2, 0) is 19.1 Å². The van der Waals surface area contributed by atoms with Crippen molar-refractivity contribution >= 4 is 29.1 Å². The molecule has 0 bridgehead atoms. The average Bonchev–Trinajstić information content (AvgIpc) is 2.75. The first-order chi connectivity index (χ1) is 9.56. The molecule has 0 N–H and O–H groups in total. The van der Waals surface area contributed by atoms with Gasteiger partial charge in [0.15, 0.2) is 11.5 Å². The lowest BCUT2D eigenvalue weighted by atomic mass is 10.1. The maximum absolute atomic E-state index is 11.8. The van der Waals surface area contributed by atoms with Gasteiger partial charge in [-0.25, -0.2) is 4.79 Å². The molecule has 0 unspecified atom stereocenters. The molecule has 0 atom stereocenters. The lowest BCUT2D eigenvalue weighted by Gasteiger charge is -2.05. The first-order valence-corrected chi connectivity index (χ1v) is 6.01. The maximum Gasteiger partial charge on any atom is 0.334 e. The number of methoxy groups -OCH3 is 2. The molecule has 1 heterocycles. The van der Waals surface area contributed by atoms with Gasteiger partial charge in [0, 0.05) is 5.56 Å². The molecule has 1 aromatic carbocycles. The largest absolute Gasteiger partial charge is 0.497 e. The highest BCUT2D eigenvalue weighted by Gasteiger charge is 2.31. The molecule has 0 saturated heterocycles. The SMILES string of the molecule is COC(=O)/C=C1\OC(c2ccc(OC)cc2)=C(Cl)C1=O. The lowest BCUT2D eigenvalue weighted by Crippen LogP contribution is -2.02. The zero-order valence-electron chi connectivity index (χ0n) is 10.8. The molecule has 20 heavy (non-hydrogen) atoms. The van der Waals surface area contributed by atoms with Crippen molar-refractivity contribution < 1.29 is 23.8 Å². The summed E-state index contributed by atoms with van der Waals surface area (Å²) < 4.78 is 14.8. The topological polar surface area (TPSA) is 61.8 Å². The summed E-state index contributed by atoms with van der Waals surface area (Å²) in [6, 6.07) is 6.82. The van der Waals surface area contributed by atoms with Crippen LogP contribution in [0.1, 0.15) is 5.56 Å². The second kappa shape index (κ2) is 5.79. The van der Waals surface area contributed by atoms with E-state index in [0.717, 1.165) is 6.08 Å². The molecule has 0 spiro atoms. The van der Waals surface area contributed by atoms with Crippen molar-refractivity contribution in [1.29, 1.82) is 0 Å². The molecule has 0 aromatic heterocycles. The number of carbonyl (C=O) groups excluding carboxylic acids is 2. The molecule has 2 rings (SSSR count). The quantitative estimate of drug-likeness (QED) is 0.632. The third kappa shape index (κ3) is 2.67. The number of ketones is 1. The van der Waals surface area contributed by atoms with Gasteiger partial charge >= 0.3 is 5.97 Å². The predicted octanol–water partition coefficient (Wildman–Crippen LogP) is 2.26. The van der Waals surface area contributed by atoms with Crippen molar-refractivity contribution in [2.75, 3.05) is 14.2 Å². The Bertz CT molecular complexity index is 613. The van der Waals surface area contributed by atoms with Crippen molar-refractivity contribution in [3.8, 4) is 5.75 Å². The number of halogens is 1. The highest BCUT2D eigenvalue weighted by molar-refractivity contribution is 6.49. The summed E-state index contributed by atoms with van der Waals surface area (Å²) in [5, 5.41) is -0.0784. The monoisotopic (exact) mass is 294 g/mol. The molecule has 0 fully saturated rings. The Morgan fingerprint density at radius 1 is 1.25 bits per heavy atom. The van der Waals surface area contributed by atoms with E-state index in [4.69, 9.17) is 21.1 Å². The summed E-state index contributed by atoms with van der Waals surface area (Å²) in [4.78, 5) is 23.0. The number of benzene rings is 1. The highest BCUT2D eigenvalue weighted by Crippen LogP contribution is 2.34. The van der Waals surface area contributed by atoms with Gasteiger partial charge in [-0.3, -0.25) is 4.79 Å². The summed E-state index contributed by atoms with van der Waals surface area (Å²) >= 11 is 5.94. The fourth-order valence-electron chi connectivity index (χ4n) is 1.60. The van der Waals surface area contributed by atoms with E-state index >= 15 is 0 Å². The van der Waals surface area contributed by atoms with Crippen LogP contribution >= 0.6 is 11.6 Å². The van der Waals surface area contributed by atoms with E-state index in [0.29, 0.717) is 11.3 Å². The van der Waals surface area contributed by atoms with Crippen molar-refractivity contribution in [3.05, 3.63) is 46.7 Å². The average molecular weight is 295 g/mol. The number of Topliss-reactive ketones (excluding diaryl/α,β-unsaturated/α-hetero) is 1. The van der Waals surface area contributed by atoms with Gasteiger partial charge in [-0.15, -0.1) is 0 Å². The Balaban J connectivity index is 2.31. The smallest absolute Gasteiger partial charge is 0.334 e. The maximum atomic E-state index is 11.8. The fourth-order valence-corrected chi connectivity index (χ4v) is 1.84. The van der Waals surface area contributed by atoms with E-state index in [1.807, 2.05) is 0 Å². The Kier molecular flexibility index (Phi) is 4.10. The minimum absolute atomic E-state index is 0.0784. The van der Waals surface area contributed by atoms with Gasteiger partial charge in [-0.1, -0.05) is 11.6 Å². The number of allylic oxidation sites excluding steroid dienone is 1. The molecule has 0 amide bonds. The minimum atomic E-state index is -0.686. The third-order valence-electron chi connectivity index (χ3n) is 2.64. The Morgan fingerprint density at radius 3 is 2.45 bits per heavy atom. The van der Waals surface area contributed by atoms with Gasteiger partial charge in [-0.05, 0) is 24.3 Å². The van der Waals surface area contributed by atoms with E-state index < -0.39 is 11.8 Å². The molecule has 1 aliphatic heterocycles. The van der Waals surface area contributed by atoms with Gasteiger partial charge in [0.05, 0.1) is 20.3 Å². The summed E-state index contributed by atoms with van der Waals surface area (Å²) in [6.07, 6.45) is 0.960. The number of rotatable bonds is 3. The van der Waals surface area contributed by atoms with Gasteiger partial charge in [0.25, 0.3) is 0 Å². The van der Waals surface area contributed by atoms with Gasteiger partial charge in [0.2, 0.25) is 5.78 Å². The number of esters is 1. The van der Waals surface area contributed by atoms with Crippen molar-refractivity contribution in [3.63, 3.8) is 0 Å². The summed E-state index contributed by atoms with van der Waals surface area (Å²) in [6.45, 7) is 0. The van der Waals surface area contributed by atoms with Crippen LogP contribution in [0.15, 0.2) is 41.1 Å². The lowest BCUT2D eigenvalue weighted by molar-refractivity contribution is -0.135. The number of ether oxygens (including phenoxy) is 3. The molecular formula is C14H11ClO5. The van der Waals surface area contributed by atoms with E-state index in [2.05, 4.69) is 4.74 Å². The third-order valence-corrected chi connectivity index (χ3v) is 2.98.